The van der Waals surface area contributed by atoms with E-state index in [1.54, 1.807) is 0 Å². The summed E-state index contributed by atoms with van der Waals surface area (Å²) in [5.41, 5.74) is 0. The zero-order valence-electron chi connectivity index (χ0n) is 49.0. The van der Waals surface area contributed by atoms with Crippen molar-refractivity contribution in [2.75, 3.05) is 13.2 Å². The molecule has 0 aromatic heterocycles. The largest absolute Gasteiger partial charge is 0.462 e. The molecule has 0 spiro atoms. The van der Waals surface area contributed by atoms with Crippen molar-refractivity contribution in [2.45, 2.75) is 369 Å². The zero-order chi connectivity index (χ0) is 51.9. The predicted molar refractivity (Wildman–Crippen MR) is 307 cm³/mol. The third-order valence-electron chi connectivity index (χ3n) is 14.9. The van der Waals surface area contributed by atoms with Crippen molar-refractivity contribution in [1.29, 1.82) is 0 Å². The molecule has 0 saturated heterocycles. The van der Waals surface area contributed by atoms with Crippen LogP contribution < -0.4 is 0 Å². The first-order valence-electron chi connectivity index (χ1n) is 32.1. The molecule has 71 heavy (non-hydrogen) atoms. The maximum atomic E-state index is 12.9. The van der Waals surface area contributed by atoms with E-state index in [4.69, 9.17) is 14.2 Å². The molecular weight excluding hydrogens is 877 g/mol. The summed E-state index contributed by atoms with van der Waals surface area (Å²) >= 11 is 0. The Labute approximate surface area is 444 Å². The fourth-order valence-corrected chi connectivity index (χ4v) is 10.1. The summed E-state index contributed by atoms with van der Waals surface area (Å²) < 4.78 is 17.0. The number of hydrogen-bond donors (Lipinski definition) is 0. The van der Waals surface area contributed by atoms with E-state index in [2.05, 4.69) is 41.5 Å². The van der Waals surface area contributed by atoms with Gasteiger partial charge in [-0.1, -0.05) is 324 Å². The van der Waals surface area contributed by atoms with Gasteiger partial charge in [0, 0.05) is 19.3 Å². The minimum atomic E-state index is -0.764. The number of rotatable bonds is 58. The molecule has 0 N–H and O–H groups in total. The molecule has 0 amide bonds. The Balaban J connectivity index is 4.27. The molecule has 0 aromatic rings. The highest BCUT2D eigenvalue weighted by molar-refractivity contribution is 5.71. The van der Waals surface area contributed by atoms with E-state index in [0.29, 0.717) is 19.3 Å². The highest BCUT2D eigenvalue weighted by Crippen LogP contribution is 2.19. The van der Waals surface area contributed by atoms with Crippen LogP contribution in [0.15, 0.2) is 0 Å². The molecule has 0 fully saturated rings. The molecule has 0 unspecified atom stereocenters. The van der Waals surface area contributed by atoms with Crippen LogP contribution in [0, 0.1) is 17.8 Å². The van der Waals surface area contributed by atoms with E-state index >= 15 is 0 Å². The Bertz CT molecular complexity index is 1100. The molecule has 0 aliphatic rings. The van der Waals surface area contributed by atoms with Crippen molar-refractivity contribution in [3.63, 3.8) is 0 Å². The van der Waals surface area contributed by atoms with Gasteiger partial charge in [-0.3, -0.25) is 14.4 Å². The van der Waals surface area contributed by atoms with Crippen LogP contribution in [-0.4, -0.2) is 37.2 Å². The lowest BCUT2D eigenvalue weighted by Crippen LogP contribution is -2.30. The van der Waals surface area contributed by atoms with Crippen molar-refractivity contribution in [2.24, 2.45) is 17.8 Å². The van der Waals surface area contributed by atoms with E-state index in [0.717, 1.165) is 75.5 Å². The van der Waals surface area contributed by atoms with Gasteiger partial charge < -0.3 is 14.2 Å². The van der Waals surface area contributed by atoms with E-state index in [9.17, 15) is 14.4 Å². The van der Waals surface area contributed by atoms with Crippen LogP contribution in [0.1, 0.15) is 363 Å². The van der Waals surface area contributed by atoms with Crippen LogP contribution in [-0.2, 0) is 28.6 Å². The van der Waals surface area contributed by atoms with Crippen LogP contribution >= 0.6 is 0 Å². The molecule has 1 atom stereocenters. The monoisotopic (exact) mass is 1000 g/mol. The van der Waals surface area contributed by atoms with Gasteiger partial charge >= 0.3 is 17.9 Å². The average molecular weight is 1000 g/mol. The van der Waals surface area contributed by atoms with Gasteiger partial charge in [0.2, 0.25) is 0 Å². The second-order valence-electron chi connectivity index (χ2n) is 23.8. The standard InChI is InChI=1S/C65H126O6/c1-59(2)51-45-39-33-27-21-15-11-9-7-8-10-12-18-24-30-36-42-48-54-63(66)69-57-62(71-65(68)56-50-44-38-32-26-20-14-17-23-29-35-41-47-53-61(5)6)58-70-64(67)55-49-43-37-31-25-19-13-16-22-28-34-40-46-52-60(3)4/h59-62H,7-58H2,1-6H3/t62-/m1/s1. The van der Waals surface area contributed by atoms with Gasteiger partial charge in [0.05, 0.1) is 0 Å². The smallest absolute Gasteiger partial charge is 0.306 e. The van der Waals surface area contributed by atoms with Crippen LogP contribution in [0.4, 0.5) is 0 Å². The van der Waals surface area contributed by atoms with Gasteiger partial charge in [0.1, 0.15) is 13.2 Å². The SMILES string of the molecule is CC(C)CCCCCCCCCCCCCCCCCCCCC(=O)OC[C@H](COC(=O)CCCCCCCCCCCCCCCC(C)C)OC(=O)CCCCCCCCCCCCCCCC(C)C. The Hall–Kier alpha value is -1.59. The molecule has 0 heterocycles. The van der Waals surface area contributed by atoms with Gasteiger partial charge in [-0.25, -0.2) is 0 Å². The molecule has 0 saturated carbocycles. The number of carbonyl (C=O) groups is 3. The summed E-state index contributed by atoms with van der Waals surface area (Å²) in [6.07, 6.45) is 61.0. The summed E-state index contributed by atoms with van der Waals surface area (Å²) in [5, 5.41) is 0. The first kappa shape index (κ1) is 69.4. The summed E-state index contributed by atoms with van der Waals surface area (Å²) in [4.78, 5) is 38.3. The lowest BCUT2D eigenvalue weighted by Gasteiger charge is -2.18. The highest BCUT2D eigenvalue weighted by Gasteiger charge is 2.19. The number of esters is 3. The minimum absolute atomic E-state index is 0.0625. The summed E-state index contributed by atoms with van der Waals surface area (Å²) in [5.74, 6) is 1.70. The van der Waals surface area contributed by atoms with E-state index in [1.807, 2.05) is 0 Å². The van der Waals surface area contributed by atoms with Gasteiger partial charge in [-0.15, -0.1) is 0 Å². The quantitative estimate of drug-likeness (QED) is 0.0343. The zero-order valence-corrected chi connectivity index (χ0v) is 49.0. The molecule has 0 aliphatic heterocycles. The van der Waals surface area contributed by atoms with Gasteiger partial charge in [-0.05, 0) is 37.0 Å². The number of hydrogen-bond acceptors (Lipinski definition) is 6. The van der Waals surface area contributed by atoms with Crippen LogP contribution in [0.3, 0.4) is 0 Å². The minimum Gasteiger partial charge on any atom is -0.462 e. The van der Waals surface area contributed by atoms with Crippen LogP contribution in [0.5, 0.6) is 0 Å². The highest BCUT2D eigenvalue weighted by atomic mass is 16.6. The van der Waals surface area contributed by atoms with Crippen molar-refractivity contribution >= 4 is 17.9 Å². The summed E-state index contributed by atoms with van der Waals surface area (Å²) in [6.45, 7) is 13.8. The Morgan fingerprint density at radius 1 is 0.239 bits per heavy atom. The lowest BCUT2D eigenvalue weighted by atomic mass is 10.0. The second kappa shape index (κ2) is 56.1. The summed E-state index contributed by atoms with van der Waals surface area (Å²) in [6, 6.07) is 0. The Morgan fingerprint density at radius 3 is 0.606 bits per heavy atom. The fraction of sp³-hybridized carbons (Fsp3) is 0.954. The van der Waals surface area contributed by atoms with Gasteiger partial charge in [0.25, 0.3) is 0 Å². The fourth-order valence-electron chi connectivity index (χ4n) is 10.1. The van der Waals surface area contributed by atoms with Crippen LogP contribution in [0.25, 0.3) is 0 Å². The number of ether oxygens (including phenoxy) is 3. The van der Waals surface area contributed by atoms with E-state index < -0.39 is 6.10 Å². The Morgan fingerprint density at radius 2 is 0.408 bits per heavy atom. The molecule has 422 valence electrons. The first-order chi connectivity index (χ1) is 34.6. The first-order valence-corrected chi connectivity index (χ1v) is 32.1. The number of carbonyl (C=O) groups excluding carboxylic acids is 3. The Kier molecular flexibility index (Phi) is 54.9. The third-order valence-corrected chi connectivity index (χ3v) is 14.9. The molecule has 0 bridgehead atoms. The molecule has 0 aromatic carbocycles. The molecule has 0 radical (unpaired) electrons. The normalized spacial score (nSPS) is 12.1. The van der Waals surface area contributed by atoms with Crippen molar-refractivity contribution in [1.82, 2.24) is 0 Å². The van der Waals surface area contributed by atoms with Crippen LogP contribution in [0.2, 0.25) is 0 Å². The average Bonchev–Trinajstić information content (AvgIpc) is 3.33. The summed E-state index contributed by atoms with van der Waals surface area (Å²) in [7, 11) is 0. The topological polar surface area (TPSA) is 78.9 Å². The van der Waals surface area contributed by atoms with Crippen molar-refractivity contribution in [3.05, 3.63) is 0 Å². The molecule has 0 aliphatic carbocycles. The van der Waals surface area contributed by atoms with Crippen molar-refractivity contribution in [3.8, 4) is 0 Å². The maximum absolute atomic E-state index is 12.9. The van der Waals surface area contributed by atoms with Gasteiger partial charge in [0.15, 0.2) is 6.10 Å². The number of unbranched alkanes of at least 4 members (excludes halogenated alkanes) is 41. The maximum Gasteiger partial charge on any atom is 0.306 e. The van der Waals surface area contributed by atoms with E-state index in [1.165, 1.54) is 244 Å². The molecule has 6 nitrogen and oxygen atoms in total. The lowest BCUT2D eigenvalue weighted by molar-refractivity contribution is -0.167. The van der Waals surface area contributed by atoms with E-state index in [-0.39, 0.29) is 31.1 Å². The predicted octanol–water partition coefficient (Wildman–Crippen LogP) is 21.5. The molecular formula is C65H126O6. The molecule has 0 rings (SSSR count). The molecule has 6 heteroatoms. The van der Waals surface area contributed by atoms with Gasteiger partial charge in [-0.2, -0.15) is 0 Å². The third kappa shape index (κ3) is 59.2. The second-order valence-corrected chi connectivity index (χ2v) is 23.8. The van der Waals surface area contributed by atoms with Crippen molar-refractivity contribution < 1.29 is 28.6 Å².